The standard InChI is InChI=1S/C22H24ClN3O5S/c1-2-31-17-9-7-16(8-10-17)26-20-14-32(29,30)13-19(20)25(22(26)28)12-21(27)24-11-15-5-3-4-6-18(15)23/h3-10,19-20H,2,11-14H2,1H3,(H,24,27)/t19-,20-/m0/s1. The Kier molecular flexibility index (Phi) is 6.30. The van der Waals surface area contributed by atoms with Crippen LogP contribution in [0.25, 0.3) is 0 Å². The van der Waals surface area contributed by atoms with Gasteiger partial charge in [0.1, 0.15) is 12.3 Å². The first kappa shape index (κ1) is 22.4. The summed E-state index contributed by atoms with van der Waals surface area (Å²) < 4.78 is 30.1. The van der Waals surface area contributed by atoms with E-state index in [1.807, 2.05) is 13.0 Å². The molecule has 1 N–H and O–H groups in total. The zero-order valence-corrected chi connectivity index (χ0v) is 19.1. The highest BCUT2D eigenvalue weighted by molar-refractivity contribution is 7.91. The number of hydrogen-bond acceptors (Lipinski definition) is 5. The van der Waals surface area contributed by atoms with E-state index < -0.39 is 21.9 Å². The molecule has 3 amide bonds. The van der Waals surface area contributed by atoms with Crippen LogP contribution in [0.2, 0.25) is 5.02 Å². The van der Waals surface area contributed by atoms with Gasteiger partial charge in [-0.25, -0.2) is 13.2 Å². The minimum absolute atomic E-state index is 0.131. The van der Waals surface area contributed by atoms with Gasteiger partial charge in [0.15, 0.2) is 9.84 Å². The molecule has 0 saturated carbocycles. The zero-order valence-electron chi connectivity index (χ0n) is 17.5. The van der Waals surface area contributed by atoms with E-state index in [9.17, 15) is 18.0 Å². The smallest absolute Gasteiger partial charge is 0.325 e. The summed E-state index contributed by atoms with van der Waals surface area (Å²) >= 11 is 6.13. The van der Waals surface area contributed by atoms with E-state index in [1.54, 1.807) is 42.5 Å². The Bertz CT molecular complexity index is 1120. The van der Waals surface area contributed by atoms with Gasteiger partial charge >= 0.3 is 6.03 Å². The van der Waals surface area contributed by atoms with Crippen LogP contribution in [0.1, 0.15) is 12.5 Å². The van der Waals surface area contributed by atoms with Gasteiger partial charge in [0.25, 0.3) is 0 Å². The molecule has 2 saturated heterocycles. The maximum atomic E-state index is 13.2. The van der Waals surface area contributed by atoms with E-state index in [2.05, 4.69) is 5.32 Å². The average Bonchev–Trinajstić information content (AvgIpc) is 3.18. The van der Waals surface area contributed by atoms with Gasteiger partial charge < -0.3 is 15.0 Å². The molecule has 0 bridgehead atoms. The van der Waals surface area contributed by atoms with Crippen LogP contribution in [0.4, 0.5) is 10.5 Å². The van der Waals surface area contributed by atoms with Crippen LogP contribution < -0.4 is 15.0 Å². The van der Waals surface area contributed by atoms with Crippen molar-refractivity contribution in [1.29, 1.82) is 0 Å². The van der Waals surface area contributed by atoms with Gasteiger partial charge in [-0.05, 0) is 42.8 Å². The van der Waals surface area contributed by atoms with Crippen LogP contribution in [0.5, 0.6) is 5.75 Å². The molecule has 0 radical (unpaired) electrons. The van der Waals surface area contributed by atoms with Crippen molar-refractivity contribution in [1.82, 2.24) is 10.2 Å². The summed E-state index contributed by atoms with van der Waals surface area (Å²) in [5.74, 6) is -0.00697. The number of carbonyl (C=O) groups excluding carboxylic acids is 2. The highest BCUT2D eigenvalue weighted by atomic mass is 35.5. The molecule has 0 aliphatic carbocycles. The third kappa shape index (κ3) is 4.54. The molecule has 32 heavy (non-hydrogen) atoms. The molecule has 170 valence electrons. The lowest BCUT2D eigenvalue weighted by Crippen LogP contribution is -2.44. The molecule has 2 atom stereocenters. The maximum Gasteiger partial charge on any atom is 0.325 e. The van der Waals surface area contributed by atoms with Crippen LogP contribution >= 0.6 is 11.6 Å². The largest absolute Gasteiger partial charge is 0.494 e. The fourth-order valence-electron chi connectivity index (χ4n) is 4.18. The molecule has 4 rings (SSSR count). The SMILES string of the molecule is CCOc1ccc(N2C(=O)N(CC(=O)NCc3ccccc3Cl)[C@H]3CS(=O)(=O)C[C@@H]32)cc1. The molecule has 0 unspecified atom stereocenters. The van der Waals surface area contributed by atoms with Gasteiger partial charge in [-0.1, -0.05) is 29.8 Å². The zero-order chi connectivity index (χ0) is 22.9. The summed E-state index contributed by atoms with van der Waals surface area (Å²) in [6, 6.07) is 12.6. The number of amides is 3. The summed E-state index contributed by atoms with van der Waals surface area (Å²) in [5, 5.41) is 3.30. The lowest BCUT2D eigenvalue weighted by Gasteiger charge is -2.22. The lowest BCUT2D eigenvalue weighted by molar-refractivity contribution is -0.122. The monoisotopic (exact) mass is 477 g/mol. The molecular weight excluding hydrogens is 454 g/mol. The normalized spacial score (nSPS) is 21.5. The second-order valence-electron chi connectivity index (χ2n) is 7.79. The minimum atomic E-state index is -3.33. The molecule has 2 heterocycles. The van der Waals surface area contributed by atoms with Gasteiger partial charge in [0, 0.05) is 17.3 Å². The fourth-order valence-corrected chi connectivity index (χ4v) is 6.33. The van der Waals surface area contributed by atoms with Gasteiger partial charge in [0.2, 0.25) is 5.91 Å². The van der Waals surface area contributed by atoms with E-state index in [0.29, 0.717) is 23.1 Å². The van der Waals surface area contributed by atoms with Crippen molar-refractivity contribution in [2.45, 2.75) is 25.6 Å². The Hall–Kier alpha value is -2.78. The number of rotatable bonds is 7. The quantitative estimate of drug-likeness (QED) is 0.618. The Morgan fingerprint density at radius 2 is 1.81 bits per heavy atom. The van der Waals surface area contributed by atoms with Crippen LogP contribution in [-0.4, -0.2) is 62.0 Å². The number of sulfone groups is 1. The van der Waals surface area contributed by atoms with Crippen molar-refractivity contribution in [3.05, 3.63) is 59.1 Å². The van der Waals surface area contributed by atoms with Gasteiger partial charge in [0.05, 0.1) is 30.2 Å². The van der Waals surface area contributed by atoms with Crippen molar-refractivity contribution in [3.8, 4) is 5.75 Å². The number of carbonyl (C=O) groups is 2. The Morgan fingerprint density at radius 1 is 1.12 bits per heavy atom. The van der Waals surface area contributed by atoms with Crippen molar-refractivity contribution >= 4 is 39.1 Å². The third-order valence-corrected chi connectivity index (χ3v) is 7.72. The first-order valence-electron chi connectivity index (χ1n) is 10.3. The summed E-state index contributed by atoms with van der Waals surface area (Å²) in [5.41, 5.74) is 1.33. The first-order chi connectivity index (χ1) is 15.3. The summed E-state index contributed by atoms with van der Waals surface area (Å²) in [7, 11) is -3.33. The predicted molar refractivity (Wildman–Crippen MR) is 122 cm³/mol. The van der Waals surface area contributed by atoms with Crippen LogP contribution in [0.15, 0.2) is 48.5 Å². The van der Waals surface area contributed by atoms with E-state index in [-0.39, 0.29) is 36.5 Å². The minimum Gasteiger partial charge on any atom is -0.494 e. The predicted octanol–water partition coefficient (Wildman–Crippen LogP) is 2.46. The molecule has 2 fully saturated rings. The highest BCUT2D eigenvalue weighted by Crippen LogP contribution is 2.35. The molecule has 2 aromatic carbocycles. The summed E-state index contributed by atoms with van der Waals surface area (Å²) in [6.07, 6.45) is 0. The fraction of sp³-hybridized carbons (Fsp3) is 0.364. The van der Waals surface area contributed by atoms with Gasteiger partial charge in [-0.2, -0.15) is 0 Å². The topological polar surface area (TPSA) is 96.0 Å². The number of halogens is 1. The maximum absolute atomic E-state index is 13.2. The molecule has 8 nitrogen and oxygen atoms in total. The van der Waals surface area contributed by atoms with E-state index in [1.165, 1.54) is 9.80 Å². The summed E-state index contributed by atoms with van der Waals surface area (Å²) in [4.78, 5) is 28.7. The second-order valence-corrected chi connectivity index (χ2v) is 10.3. The summed E-state index contributed by atoms with van der Waals surface area (Å²) in [6.45, 7) is 2.38. The van der Waals surface area contributed by atoms with Crippen molar-refractivity contribution in [2.75, 3.05) is 29.6 Å². The van der Waals surface area contributed by atoms with Crippen LogP contribution in [0.3, 0.4) is 0 Å². The number of ether oxygens (including phenoxy) is 1. The first-order valence-corrected chi connectivity index (χ1v) is 12.5. The number of fused-ring (bicyclic) bond motifs is 1. The number of benzene rings is 2. The van der Waals surface area contributed by atoms with E-state index in [0.717, 1.165) is 5.56 Å². The number of nitrogens with zero attached hydrogens (tertiary/aromatic N) is 2. The molecule has 0 spiro atoms. The van der Waals surface area contributed by atoms with Crippen LogP contribution in [-0.2, 0) is 21.2 Å². The molecule has 0 aromatic heterocycles. The molecule has 2 aliphatic rings. The molecule has 10 heteroatoms. The Labute approximate surface area is 192 Å². The van der Waals surface area contributed by atoms with Crippen molar-refractivity contribution in [3.63, 3.8) is 0 Å². The second kappa shape index (κ2) is 8.99. The van der Waals surface area contributed by atoms with Gasteiger partial charge in [-0.3, -0.25) is 9.69 Å². The third-order valence-electron chi connectivity index (χ3n) is 5.65. The number of anilines is 1. The number of nitrogens with one attached hydrogen (secondary N) is 1. The van der Waals surface area contributed by atoms with Crippen molar-refractivity contribution in [2.24, 2.45) is 0 Å². The van der Waals surface area contributed by atoms with E-state index in [4.69, 9.17) is 16.3 Å². The number of hydrogen-bond donors (Lipinski definition) is 1. The molecule has 2 aliphatic heterocycles. The van der Waals surface area contributed by atoms with E-state index >= 15 is 0 Å². The molecular formula is C22H24ClN3O5S. The lowest BCUT2D eigenvalue weighted by atomic mass is 10.1. The number of urea groups is 1. The Morgan fingerprint density at radius 3 is 2.50 bits per heavy atom. The average molecular weight is 478 g/mol. The van der Waals surface area contributed by atoms with Crippen molar-refractivity contribution < 1.29 is 22.7 Å². The van der Waals surface area contributed by atoms with Crippen LogP contribution in [0, 0.1) is 0 Å². The van der Waals surface area contributed by atoms with Gasteiger partial charge in [-0.15, -0.1) is 0 Å². The molecule has 2 aromatic rings. The highest BCUT2D eigenvalue weighted by Gasteiger charge is 2.54. The Balaban J connectivity index is 1.51.